The maximum absolute atomic E-state index is 11.8. The van der Waals surface area contributed by atoms with Crippen LogP contribution in [0.1, 0.15) is 33.1 Å². The summed E-state index contributed by atoms with van der Waals surface area (Å²) in [5.41, 5.74) is -1.27. The van der Waals surface area contributed by atoms with E-state index in [-0.39, 0.29) is 17.6 Å². The van der Waals surface area contributed by atoms with E-state index in [4.69, 9.17) is 4.74 Å². The predicted molar refractivity (Wildman–Crippen MR) is 71.3 cm³/mol. The number of nitrogens with zero attached hydrogens (tertiary/aromatic N) is 1. The first-order valence-electron chi connectivity index (χ1n) is 6.10. The van der Waals surface area contributed by atoms with E-state index in [2.05, 4.69) is 15.2 Å². The number of ether oxygens (including phenoxy) is 1. The monoisotopic (exact) mass is 287 g/mol. The Morgan fingerprint density at radius 3 is 2.74 bits per heavy atom. The topological polar surface area (TPSA) is 105 Å². The van der Waals surface area contributed by atoms with Gasteiger partial charge in [0.05, 0.1) is 6.61 Å². The second-order valence-electron chi connectivity index (χ2n) is 3.81. The summed E-state index contributed by atoms with van der Waals surface area (Å²) in [4.78, 5) is 36.2. The van der Waals surface area contributed by atoms with Crippen molar-refractivity contribution in [3.05, 3.63) is 20.8 Å². The number of H-pyrrole nitrogens is 2. The van der Waals surface area contributed by atoms with Crippen molar-refractivity contribution in [1.82, 2.24) is 15.2 Å². The van der Waals surface area contributed by atoms with Crippen LogP contribution in [0, 0.1) is 0 Å². The van der Waals surface area contributed by atoms with Gasteiger partial charge < -0.3 is 4.74 Å². The van der Waals surface area contributed by atoms with Gasteiger partial charge in [0.15, 0.2) is 5.03 Å². The minimum Gasteiger partial charge on any atom is -0.465 e. The summed E-state index contributed by atoms with van der Waals surface area (Å²) in [6.45, 7) is 4.03. The molecule has 2 N–H and O–H groups in total. The van der Waals surface area contributed by atoms with E-state index < -0.39 is 16.5 Å². The molecule has 1 atom stereocenters. The summed E-state index contributed by atoms with van der Waals surface area (Å²) >= 11 is 1.01. The van der Waals surface area contributed by atoms with Crippen molar-refractivity contribution in [1.29, 1.82) is 0 Å². The molecule has 0 radical (unpaired) electrons. The lowest BCUT2D eigenvalue weighted by Gasteiger charge is -2.13. The number of esters is 1. The standard InChI is InChI=1S/C11H17N3O4S/c1-3-5-6-7(10(16)18-4-2)19-9-8(15)12-11(17)14-13-9/h7H,3-6H2,1-2H3,(H2,12,14,15,17). The van der Waals surface area contributed by atoms with Crippen molar-refractivity contribution >= 4 is 17.7 Å². The molecule has 106 valence electrons. The van der Waals surface area contributed by atoms with E-state index in [9.17, 15) is 14.4 Å². The van der Waals surface area contributed by atoms with Crippen LogP contribution in [-0.2, 0) is 9.53 Å². The van der Waals surface area contributed by atoms with Crippen LogP contribution in [0.4, 0.5) is 0 Å². The van der Waals surface area contributed by atoms with Gasteiger partial charge in [-0.15, -0.1) is 0 Å². The van der Waals surface area contributed by atoms with Crippen LogP contribution in [0.25, 0.3) is 0 Å². The van der Waals surface area contributed by atoms with Gasteiger partial charge in [0.2, 0.25) is 0 Å². The number of hydrogen-bond acceptors (Lipinski definition) is 6. The average Bonchev–Trinajstić information content (AvgIpc) is 2.37. The molecular formula is C11H17N3O4S. The van der Waals surface area contributed by atoms with Crippen LogP contribution >= 0.6 is 11.8 Å². The van der Waals surface area contributed by atoms with Crippen molar-refractivity contribution in [2.24, 2.45) is 0 Å². The maximum Gasteiger partial charge on any atom is 0.342 e. The molecule has 1 rings (SSSR count). The Morgan fingerprint density at radius 1 is 1.42 bits per heavy atom. The van der Waals surface area contributed by atoms with Crippen LogP contribution in [0.3, 0.4) is 0 Å². The van der Waals surface area contributed by atoms with Crippen molar-refractivity contribution in [2.45, 2.75) is 43.4 Å². The molecule has 0 spiro atoms. The van der Waals surface area contributed by atoms with Gasteiger partial charge in [-0.2, -0.15) is 5.10 Å². The fourth-order valence-electron chi connectivity index (χ4n) is 1.40. The number of carbonyl (C=O) groups is 1. The van der Waals surface area contributed by atoms with E-state index in [1.54, 1.807) is 6.92 Å². The Morgan fingerprint density at radius 2 is 2.16 bits per heavy atom. The molecule has 0 fully saturated rings. The molecule has 0 saturated heterocycles. The van der Waals surface area contributed by atoms with Crippen LogP contribution in [0.15, 0.2) is 14.6 Å². The normalized spacial score (nSPS) is 12.1. The van der Waals surface area contributed by atoms with Gasteiger partial charge in [-0.3, -0.25) is 14.6 Å². The number of aromatic nitrogens is 3. The minimum absolute atomic E-state index is 0.0637. The first kappa shape index (κ1) is 15.5. The first-order valence-corrected chi connectivity index (χ1v) is 6.98. The van der Waals surface area contributed by atoms with Gasteiger partial charge >= 0.3 is 11.7 Å². The zero-order valence-corrected chi connectivity index (χ0v) is 11.7. The van der Waals surface area contributed by atoms with Crippen LogP contribution in [0.2, 0.25) is 0 Å². The molecule has 1 unspecified atom stereocenters. The number of thioether (sulfide) groups is 1. The lowest BCUT2D eigenvalue weighted by Crippen LogP contribution is -2.27. The molecule has 7 nitrogen and oxygen atoms in total. The highest BCUT2D eigenvalue weighted by Crippen LogP contribution is 2.23. The van der Waals surface area contributed by atoms with Crippen molar-refractivity contribution < 1.29 is 9.53 Å². The summed E-state index contributed by atoms with van der Waals surface area (Å²) < 4.78 is 4.97. The van der Waals surface area contributed by atoms with Crippen LogP contribution < -0.4 is 11.2 Å². The average molecular weight is 287 g/mol. The zero-order chi connectivity index (χ0) is 14.3. The Balaban J connectivity index is 2.83. The van der Waals surface area contributed by atoms with Gasteiger partial charge in [-0.05, 0) is 13.3 Å². The molecule has 0 amide bonds. The van der Waals surface area contributed by atoms with Gasteiger partial charge in [-0.1, -0.05) is 31.5 Å². The van der Waals surface area contributed by atoms with Gasteiger partial charge in [0, 0.05) is 0 Å². The Bertz CT molecular complexity index is 525. The fourth-order valence-corrected chi connectivity index (χ4v) is 2.38. The molecule has 1 aromatic heterocycles. The summed E-state index contributed by atoms with van der Waals surface area (Å²) in [7, 11) is 0. The van der Waals surface area contributed by atoms with E-state index in [1.807, 2.05) is 6.92 Å². The van der Waals surface area contributed by atoms with E-state index in [0.717, 1.165) is 24.6 Å². The highest BCUT2D eigenvalue weighted by Gasteiger charge is 2.22. The van der Waals surface area contributed by atoms with E-state index in [1.165, 1.54) is 0 Å². The molecule has 0 aliphatic rings. The third-order valence-corrected chi connectivity index (χ3v) is 3.52. The van der Waals surface area contributed by atoms with E-state index in [0.29, 0.717) is 6.42 Å². The molecular weight excluding hydrogens is 270 g/mol. The number of unbranched alkanes of at least 4 members (excludes halogenated alkanes) is 1. The fraction of sp³-hybridized carbons (Fsp3) is 0.636. The second kappa shape index (κ2) is 7.78. The highest BCUT2D eigenvalue weighted by molar-refractivity contribution is 8.00. The Kier molecular flexibility index (Phi) is 6.34. The quantitative estimate of drug-likeness (QED) is 0.564. The van der Waals surface area contributed by atoms with E-state index >= 15 is 0 Å². The summed E-state index contributed by atoms with van der Waals surface area (Å²) in [6.07, 6.45) is 2.38. The van der Waals surface area contributed by atoms with Crippen LogP contribution in [-0.4, -0.2) is 33.0 Å². The van der Waals surface area contributed by atoms with Crippen molar-refractivity contribution in [2.75, 3.05) is 6.61 Å². The molecule has 0 aliphatic carbocycles. The van der Waals surface area contributed by atoms with Crippen LogP contribution in [0.5, 0.6) is 0 Å². The SMILES string of the molecule is CCCCC(Sc1n[nH]c(=O)[nH]c1=O)C(=O)OCC. The molecule has 0 bridgehead atoms. The first-order chi connectivity index (χ1) is 9.08. The summed E-state index contributed by atoms with van der Waals surface area (Å²) in [5.74, 6) is -0.367. The van der Waals surface area contributed by atoms with Crippen molar-refractivity contribution in [3.63, 3.8) is 0 Å². The van der Waals surface area contributed by atoms with Gasteiger partial charge in [-0.25, -0.2) is 9.89 Å². The maximum atomic E-state index is 11.8. The Labute approximate surface area is 114 Å². The third-order valence-electron chi connectivity index (χ3n) is 2.30. The Hall–Kier alpha value is -1.57. The zero-order valence-electron chi connectivity index (χ0n) is 10.9. The lowest BCUT2D eigenvalue weighted by molar-refractivity contribution is -0.142. The lowest BCUT2D eigenvalue weighted by atomic mass is 10.2. The number of rotatable bonds is 7. The number of carbonyl (C=O) groups excluding carboxylic acids is 1. The molecule has 19 heavy (non-hydrogen) atoms. The summed E-state index contributed by atoms with van der Waals surface area (Å²) in [5, 5.41) is 5.36. The molecule has 0 saturated carbocycles. The van der Waals surface area contributed by atoms with Gasteiger partial charge in [0.25, 0.3) is 5.56 Å². The molecule has 0 aliphatic heterocycles. The molecule has 0 aromatic carbocycles. The number of aromatic amines is 2. The second-order valence-corrected chi connectivity index (χ2v) is 5.00. The third kappa shape index (κ3) is 4.90. The molecule has 8 heteroatoms. The largest absolute Gasteiger partial charge is 0.465 e. The smallest absolute Gasteiger partial charge is 0.342 e. The van der Waals surface area contributed by atoms with Crippen molar-refractivity contribution in [3.8, 4) is 0 Å². The number of hydrogen-bond donors (Lipinski definition) is 2. The molecule has 1 heterocycles. The summed E-state index contributed by atoms with van der Waals surface area (Å²) in [6, 6.07) is 0. The van der Waals surface area contributed by atoms with Gasteiger partial charge in [0.1, 0.15) is 5.25 Å². The predicted octanol–water partition coefficient (Wildman–Crippen LogP) is 0.672. The molecule has 1 aromatic rings. The minimum atomic E-state index is -0.671. The number of nitrogens with one attached hydrogen (secondary N) is 2. The highest BCUT2D eigenvalue weighted by atomic mass is 32.2.